The molecule has 0 bridgehead atoms. The molecule has 0 radical (unpaired) electrons. The summed E-state index contributed by atoms with van der Waals surface area (Å²) in [4.78, 5) is 13.3. The molecular formula is C14H19ClN4S. The van der Waals surface area contributed by atoms with Gasteiger partial charge in [-0.3, -0.25) is 0 Å². The van der Waals surface area contributed by atoms with E-state index in [0.717, 1.165) is 35.1 Å². The van der Waals surface area contributed by atoms with Crippen LogP contribution in [0, 0.1) is 6.92 Å². The van der Waals surface area contributed by atoms with Gasteiger partial charge in [0.2, 0.25) is 0 Å². The third-order valence-electron chi connectivity index (χ3n) is 3.00. The predicted octanol–water partition coefficient (Wildman–Crippen LogP) is 4.19. The predicted molar refractivity (Wildman–Crippen MR) is 84.5 cm³/mol. The smallest absolute Gasteiger partial charge is 0.137 e. The summed E-state index contributed by atoms with van der Waals surface area (Å²) in [6.07, 6.45) is 3.63. The first kappa shape index (κ1) is 15.2. The van der Waals surface area contributed by atoms with Crippen molar-refractivity contribution in [2.75, 3.05) is 5.32 Å². The lowest BCUT2D eigenvalue weighted by molar-refractivity contribution is 0.598. The highest BCUT2D eigenvalue weighted by Gasteiger charge is 2.25. The fourth-order valence-corrected chi connectivity index (χ4v) is 2.78. The van der Waals surface area contributed by atoms with Gasteiger partial charge >= 0.3 is 0 Å². The van der Waals surface area contributed by atoms with Crippen molar-refractivity contribution < 1.29 is 0 Å². The minimum atomic E-state index is -0.292. The highest BCUT2D eigenvalue weighted by Crippen LogP contribution is 2.29. The second-order valence-electron chi connectivity index (χ2n) is 5.24. The van der Waals surface area contributed by atoms with Crippen molar-refractivity contribution in [3.63, 3.8) is 0 Å². The van der Waals surface area contributed by atoms with E-state index < -0.39 is 0 Å². The Kier molecular flexibility index (Phi) is 4.60. The van der Waals surface area contributed by atoms with Crippen molar-refractivity contribution >= 4 is 28.8 Å². The monoisotopic (exact) mass is 310 g/mol. The topological polar surface area (TPSA) is 50.7 Å². The quantitative estimate of drug-likeness (QED) is 0.841. The van der Waals surface area contributed by atoms with E-state index in [9.17, 15) is 0 Å². The average molecular weight is 311 g/mol. The van der Waals surface area contributed by atoms with Gasteiger partial charge in [-0.2, -0.15) is 0 Å². The molecule has 20 heavy (non-hydrogen) atoms. The molecule has 0 spiro atoms. The Hall–Kier alpha value is -1.20. The highest BCUT2D eigenvalue weighted by atomic mass is 35.5. The van der Waals surface area contributed by atoms with Crippen LogP contribution in [0.5, 0.6) is 0 Å². The summed E-state index contributed by atoms with van der Waals surface area (Å²) in [5.41, 5.74) is 0.580. The number of hydrogen-bond acceptors (Lipinski definition) is 5. The second-order valence-corrected chi connectivity index (χ2v) is 6.49. The van der Waals surface area contributed by atoms with Crippen LogP contribution in [0.2, 0.25) is 5.15 Å². The summed E-state index contributed by atoms with van der Waals surface area (Å²) in [6.45, 7) is 8.20. The fraction of sp³-hybridized carbons (Fsp3) is 0.500. The van der Waals surface area contributed by atoms with Crippen LogP contribution in [0.15, 0.2) is 11.6 Å². The lowest BCUT2D eigenvalue weighted by Gasteiger charge is -2.25. The maximum atomic E-state index is 6.20. The van der Waals surface area contributed by atoms with E-state index in [4.69, 9.17) is 11.6 Å². The number of nitrogens with one attached hydrogen (secondary N) is 1. The van der Waals surface area contributed by atoms with E-state index in [2.05, 4.69) is 41.0 Å². The minimum absolute atomic E-state index is 0.292. The second kappa shape index (κ2) is 6.06. The molecule has 0 saturated carbocycles. The molecule has 108 valence electrons. The number of halogens is 1. The van der Waals surface area contributed by atoms with Crippen LogP contribution >= 0.6 is 22.9 Å². The number of thiazole rings is 1. The van der Waals surface area contributed by atoms with Gasteiger partial charge in [0.15, 0.2) is 0 Å². The number of nitrogens with zero attached hydrogens (tertiary/aromatic N) is 3. The third-order valence-corrected chi connectivity index (χ3v) is 4.47. The van der Waals surface area contributed by atoms with E-state index in [1.54, 1.807) is 11.3 Å². The number of aryl methyl sites for hydroxylation is 1. The molecule has 0 aliphatic carbocycles. The number of rotatable bonds is 5. The summed E-state index contributed by atoms with van der Waals surface area (Å²) in [7, 11) is 0. The van der Waals surface area contributed by atoms with Crippen molar-refractivity contribution in [3.8, 4) is 0 Å². The van der Waals surface area contributed by atoms with Crippen LogP contribution in [-0.4, -0.2) is 15.0 Å². The molecule has 0 aromatic carbocycles. The van der Waals surface area contributed by atoms with E-state index in [1.807, 2.05) is 18.5 Å². The van der Waals surface area contributed by atoms with E-state index in [0.29, 0.717) is 5.15 Å². The molecule has 0 aliphatic heterocycles. The number of anilines is 1. The molecule has 2 aromatic heterocycles. The molecular weight excluding hydrogens is 292 g/mol. The van der Waals surface area contributed by atoms with Crippen LogP contribution in [-0.2, 0) is 12.0 Å². The van der Waals surface area contributed by atoms with E-state index in [1.165, 1.54) is 0 Å². The molecule has 2 aromatic rings. The Balaban J connectivity index is 2.33. The average Bonchev–Trinajstić information content (AvgIpc) is 2.90. The summed E-state index contributed by atoms with van der Waals surface area (Å²) in [5, 5.41) is 6.95. The van der Waals surface area contributed by atoms with Gasteiger partial charge in [0.1, 0.15) is 21.8 Å². The zero-order valence-electron chi connectivity index (χ0n) is 12.2. The SMILES string of the molecule is CCCc1nc(Cl)c(C)c(NC(C)(C)c2nccs2)n1. The first-order chi connectivity index (χ1) is 9.44. The van der Waals surface area contributed by atoms with Crippen molar-refractivity contribution in [2.45, 2.75) is 46.1 Å². The summed E-state index contributed by atoms with van der Waals surface area (Å²) >= 11 is 7.83. The van der Waals surface area contributed by atoms with Crippen LogP contribution < -0.4 is 5.32 Å². The molecule has 6 heteroatoms. The molecule has 2 heterocycles. The molecule has 0 unspecified atom stereocenters. The molecule has 1 N–H and O–H groups in total. The van der Waals surface area contributed by atoms with Crippen LogP contribution in [0.1, 0.15) is 43.6 Å². The molecule has 0 fully saturated rings. The van der Waals surface area contributed by atoms with Crippen molar-refractivity contribution in [2.24, 2.45) is 0 Å². The number of aromatic nitrogens is 3. The normalized spacial score (nSPS) is 11.7. The van der Waals surface area contributed by atoms with Crippen LogP contribution in [0.25, 0.3) is 0 Å². The van der Waals surface area contributed by atoms with E-state index >= 15 is 0 Å². The summed E-state index contributed by atoms with van der Waals surface area (Å²) < 4.78 is 0. The zero-order valence-corrected chi connectivity index (χ0v) is 13.8. The Bertz CT molecular complexity index is 581. The number of hydrogen-bond donors (Lipinski definition) is 1. The Labute approximate surface area is 128 Å². The van der Waals surface area contributed by atoms with Crippen molar-refractivity contribution in [3.05, 3.63) is 33.1 Å². The van der Waals surface area contributed by atoms with Gasteiger partial charge in [0.05, 0.1) is 5.54 Å². The Morgan fingerprint density at radius 1 is 1.35 bits per heavy atom. The van der Waals surface area contributed by atoms with Gasteiger partial charge in [-0.1, -0.05) is 18.5 Å². The van der Waals surface area contributed by atoms with Gasteiger partial charge < -0.3 is 5.32 Å². The third kappa shape index (κ3) is 3.27. The Morgan fingerprint density at radius 3 is 2.70 bits per heavy atom. The van der Waals surface area contributed by atoms with Gasteiger partial charge in [-0.15, -0.1) is 11.3 Å². The molecule has 0 aliphatic rings. The van der Waals surface area contributed by atoms with Crippen LogP contribution in [0.4, 0.5) is 5.82 Å². The van der Waals surface area contributed by atoms with Crippen LogP contribution in [0.3, 0.4) is 0 Å². The summed E-state index contributed by atoms with van der Waals surface area (Å²) in [5.74, 6) is 1.56. The standard InChI is InChI=1S/C14H19ClN4S/c1-5-6-10-17-11(15)9(2)12(18-10)19-14(3,4)13-16-7-8-20-13/h7-8H,5-6H2,1-4H3,(H,17,18,19). The van der Waals surface area contributed by atoms with Crippen molar-refractivity contribution in [1.82, 2.24) is 15.0 Å². The maximum Gasteiger partial charge on any atom is 0.137 e. The van der Waals surface area contributed by atoms with Crippen molar-refractivity contribution in [1.29, 1.82) is 0 Å². The molecule has 0 saturated heterocycles. The summed E-state index contributed by atoms with van der Waals surface area (Å²) in [6, 6.07) is 0. The van der Waals surface area contributed by atoms with Gasteiger partial charge in [-0.05, 0) is 27.2 Å². The maximum absolute atomic E-state index is 6.20. The zero-order chi connectivity index (χ0) is 14.8. The van der Waals surface area contributed by atoms with Gasteiger partial charge in [0, 0.05) is 23.6 Å². The highest BCUT2D eigenvalue weighted by molar-refractivity contribution is 7.09. The first-order valence-electron chi connectivity index (χ1n) is 6.65. The fourth-order valence-electron chi connectivity index (χ4n) is 1.87. The van der Waals surface area contributed by atoms with Gasteiger partial charge in [0.25, 0.3) is 0 Å². The largest absolute Gasteiger partial charge is 0.358 e. The van der Waals surface area contributed by atoms with Gasteiger partial charge in [-0.25, -0.2) is 15.0 Å². The minimum Gasteiger partial charge on any atom is -0.358 e. The molecule has 0 amide bonds. The lowest BCUT2D eigenvalue weighted by atomic mass is 10.1. The molecule has 4 nitrogen and oxygen atoms in total. The molecule has 2 rings (SSSR count). The first-order valence-corrected chi connectivity index (χ1v) is 7.91. The lowest BCUT2D eigenvalue weighted by Crippen LogP contribution is -2.29. The Morgan fingerprint density at radius 2 is 2.10 bits per heavy atom. The molecule has 0 atom stereocenters. The van der Waals surface area contributed by atoms with E-state index in [-0.39, 0.29) is 5.54 Å².